The number of halogens is 1. The fourth-order valence-electron chi connectivity index (χ4n) is 1.55. The maximum atomic E-state index is 6.13. The Morgan fingerprint density at radius 3 is 2.82 bits per heavy atom. The SMILES string of the molecule is COc1cccc(Cl)c1CNc1ccccn1. The fraction of sp³-hybridized carbons (Fsp3) is 0.154. The minimum atomic E-state index is 0.583. The van der Waals surface area contributed by atoms with Crippen LogP contribution in [0.5, 0.6) is 5.75 Å². The summed E-state index contributed by atoms with van der Waals surface area (Å²) in [4.78, 5) is 4.18. The van der Waals surface area contributed by atoms with Crippen molar-refractivity contribution in [2.75, 3.05) is 12.4 Å². The quantitative estimate of drug-likeness (QED) is 0.901. The van der Waals surface area contributed by atoms with Gasteiger partial charge in [0.2, 0.25) is 0 Å². The number of nitrogens with one attached hydrogen (secondary N) is 1. The predicted octanol–water partition coefficient (Wildman–Crippen LogP) is 3.36. The highest BCUT2D eigenvalue weighted by Gasteiger charge is 2.07. The van der Waals surface area contributed by atoms with Crippen LogP contribution >= 0.6 is 11.6 Å². The molecule has 1 N–H and O–H groups in total. The van der Waals surface area contributed by atoms with Gasteiger partial charge in [0.25, 0.3) is 0 Å². The second-order valence-corrected chi connectivity index (χ2v) is 3.90. The number of methoxy groups -OCH3 is 1. The van der Waals surface area contributed by atoms with Crippen molar-refractivity contribution in [3.05, 3.63) is 53.2 Å². The van der Waals surface area contributed by atoms with Gasteiger partial charge in [-0.15, -0.1) is 0 Å². The molecule has 88 valence electrons. The van der Waals surface area contributed by atoms with E-state index in [4.69, 9.17) is 16.3 Å². The van der Waals surface area contributed by atoms with Gasteiger partial charge in [-0.1, -0.05) is 23.7 Å². The van der Waals surface area contributed by atoms with Gasteiger partial charge in [0.1, 0.15) is 11.6 Å². The first-order chi connectivity index (χ1) is 8.31. The lowest BCUT2D eigenvalue weighted by Gasteiger charge is -2.11. The molecule has 0 aliphatic rings. The van der Waals surface area contributed by atoms with E-state index < -0.39 is 0 Å². The van der Waals surface area contributed by atoms with Crippen LogP contribution in [0.4, 0.5) is 5.82 Å². The first kappa shape index (κ1) is 11.7. The molecule has 4 heteroatoms. The number of pyridine rings is 1. The Morgan fingerprint density at radius 2 is 2.12 bits per heavy atom. The van der Waals surface area contributed by atoms with Crippen LogP contribution in [0.15, 0.2) is 42.6 Å². The van der Waals surface area contributed by atoms with Crippen molar-refractivity contribution in [1.29, 1.82) is 0 Å². The van der Waals surface area contributed by atoms with E-state index in [1.54, 1.807) is 13.3 Å². The molecule has 0 fully saturated rings. The van der Waals surface area contributed by atoms with Crippen molar-refractivity contribution >= 4 is 17.4 Å². The summed E-state index contributed by atoms with van der Waals surface area (Å²) in [6.07, 6.45) is 1.74. The van der Waals surface area contributed by atoms with Gasteiger partial charge in [-0.2, -0.15) is 0 Å². The minimum absolute atomic E-state index is 0.583. The van der Waals surface area contributed by atoms with Crippen LogP contribution in [0, 0.1) is 0 Å². The maximum absolute atomic E-state index is 6.13. The molecule has 0 saturated carbocycles. The molecule has 0 unspecified atom stereocenters. The first-order valence-corrected chi connectivity index (χ1v) is 5.65. The third-order valence-corrected chi connectivity index (χ3v) is 2.76. The predicted molar refractivity (Wildman–Crippen MR) is 69.6 cm³/mol. The summed E-state index contributed by atoms with van der Waals surface area (Å²) in [5.41, 5.74) is 0.933. The average molecular weight is 249 g/mol. The molecule has 0 spiro atoms. The highest BCUT2D eigenvalue weighted by molar-refractivity contribution is 6.31. The summed E-state index contributed by atoms with van der Waals surface area (Å²) in [5, 5.41) is 3.89. The van der Waals surface area contributed by atoms with E-state index in [0.29, 0.717) is 11.6 Å². The molecule has 0 atom stereocenters. The number of aromatic nitrogens is 1. The van der Waals surface area contributed by atoms with Crippen LogP contribution in [-0.4, -0.2) is 12.1 Å². The standard InChI is InChI=1S/C13H13ClN2O/c1-17-12-6-4-5-11(14)10(12)9-16-13-7-2-3-8-15-13/h2-8H,9H2,1H3,(H,15,16). The Bertz CT molecular complexity index is 488. The number of ether oxygens (including phenoxy) is 1. The van der Waals surface area contributed by atoms with Crippen LogP contribution < -0.4 is 10.1 Å². The van der Waals surface area contributed by atoms with Crippen LogP contribution in [0.25, 0.3) is 0 Å². The molecule has 0 aliphatic carbocycles. The molecular weight excluding hydrogens is 236 g/mol. The van der Waals surface area contributed by atoms with Crippen LogP contribution in [0.1, 0.15) is 5.56 Å². The lowest BCUT2D eigenvalue weighted by Crippen LogP contribution is -2.03. The minimum Gasteiger partial charge on any atom is -0.496 e. The average Bonchev–Trinajstić information content (AvgIpc) is 2.38. The van der Waals surface area contributed by atoms with E-state index in [9.17, 15) is 0 Å². The molecule has 3 nitrogen and oxygen atoms in total. The van der Waals surface area contributed by atoms with Crippen molar-refractivity contribution in [2.24, 2.45) is 0 Å². The molecule has 0 saturated heterocycles. The molecule has 2 rings (SSSR count). The van der Waals surface area contributed by atoms with Crippen molar-refractivity contribution in [1.82, 2.24) is 4.98 Å². The zero-order valence-electron chi connectivity index (χ0n) is 9.48. The number of benzene rings is 1. The largest absolute Gasteiger partial charge is 0.496 e. The second-order valence-electron chi connectivity index (χ2n) is 3.49. The number of hydrogen-bond acceptors (Lipinski definition) is 3. The van der Waals surface area contributed by atoms with Crippen molar-refractivity contribution in [2.45, 2.75) is 6.54 Å². The van der Waals surface area contributed by atoms with Gasteiger partial charge in [0.15, 0.2) is 0 Å². The van der Waals surface area contributed by atoms with Gasteiger partial charge >= 0.3 is 0 Å². The van der Waals surface area contributed by atoms with E-state index >= 15 is 0 Å². The highest BCUT2D eigenvalue weighted by Crippen LogP contribution is 2.26. The van der Waals surface area contributed by atoms with E-state index in [-0.39, 0.29) is 0 Å². The zero-order valence-corrected chi connectivity index (χ0v) is 10.2. The Kier molecular flexibility index (Phi) is 3.83. The second kappa shape index (κ2) is 5.55. The molecule has 1 aromatic heterocycles. The molecule has 17 heavy (non-hydrogen) atoms. The molecule has 0 aliphatic heterocycles. The Labute approximate surface area is 105 Å². The van der Waals surface area contributed by atoms with Gasteiger partial charge in [0, 0.05) is 23.3 Å². The van der Waals surface area contributed by atoms with Crippen molar-refractivity contribution in [3.63, 3.8) is 0 Å². The lowest BCUT2D eigenvalue weighted by molar-refractivity contribution is 0.410. The summed E-state index contributed by atoms with van der Waals surface area (Å²) in [6.45, 7) is 0.583. The number of hydrogen-bond donors (Lipinski definition) is 1. The molecule has 1 heterocycles. The van der Waals surface area contributed by atoms with Gasteiger partial charge in [-0.05, 0) is 24.3 Å². The van der Waals surface area contributed by atoms with E-state index in [0.717, 1.165) is 17.1 Å². The fourth-order valence-corrected chi connectivity index (χ4v) is 1.78. The zero-order chi connectivity index (χ0) is 12.1. The van der Waals surface area contributed by atoms with Crippen LogP contribution in [0.2, 0.25) is 5.02 Å². The summed E-state index contributed by atoms with van der Waals surface area (Å²) in [7, 11) is 1.63. The Morgan fingerprint density at radius 1 is 1.24 bits per heavy atom. The van der Waals surface area contributed by atoms with E-state index in [2.05, 4.69) is 10.3 Å². The molecular formula is C13H13ClN2O. The molecule has 0 bridgehead atoms. The van der Waals surface area contributed by atoms with Gasteiger partial charge < -0.3 is 10.1 Å². The summed E-state index contributed by atoms with van der Waals surface area (Å²) in [6, 6.07) is 11.3. The van der Waals surface area contributed by atoms with Gasteiger partial charge in [-0.3, -0.25) is 0 Å². The molecule has 1 aromatic carbocycles. The third kappa shape index (κ3) is 2.88. The first-order valence-electron chi connectivity index (χ1n) is 5.27. The number of nitrogens with zero attached hydrogens (tertiary/aromatic N) is 1. The summed E-state index contributed by atoms with van der Waals surface area (Å²) in [5.74, 6) is 1.59. The molecule has 0 radical (unpaired) electrons. The van der Waals surface area contributed by atoms with Crippen LogP contribution in [0.3, 0.4) is 0 Å². The normalized spacial score (nSPS) is 10.0. The van der Waals surface area contributed by atoms with Gasteiger partial charge in [-0.25, -0.2) is 4.98 Å². The topological polar surface area (TPSA) is 34.1 Å². The van der Waals surface area contributed by atoms with E-state index in [1.165, 1.54) is 0 Å². The smallest absolute Gasteiger partial charge is 0.126 e. The van der Waals surface area contributed by atoms with Gasteiger partial charge in [0.05, 0.1) is 7.11 Å². The van der Waals surface area contributed by atoms with E-state index in [1.807, 2.05) is 36.4 Å². The third-order valence-electron chi connectivity index (χ3n) is 2.41. The lowest BCUT2D eigenvalue weighted by atomic mass is 10.2. The van der Waals surface area contributed by atoms with Crippen LogP contribution in [-0.2, 0) is 6.54 Å². The highest BCUT2D eigenvalue weighted by atomic mass is 35.5. The molecule has 2 aromatic rings. The monoisotopic (exact) mass is 248 g/mol. The van der Waals surface area contributed by atoms with Crippen molar-refractivity contribution in [3.8, 4) is 5.75 Å². The number of anilines is 1. The molecule has 0 amide bonds. The Balaban J connectivity index is 2.14. The summed E-state index contributed by atoms with van der Waals surface area (Å²) >= 11 is 6.13. The Hall–Kier alpha value is -1.74. The summed E-state index contributed by atoms with van der Waals surface area (Å²) < 4.78 is 5.27. The van der Waals surface area contributed by atoms with Crippen molar-refractivity contribution < 1.29 is 4.74 Å². The maximum Gasteiger partial charge on any atom is 0.126 e. The number of rotatable bonds is 4.